The number of carbonyl (C=O) groups is 2. The Hall–Kier alpha value is -2.00. The Labute approximate surface area is 126 Å². The maximum absolute atomic E-state index is 12.4. The van der Waals surface area contributed by atoms with Gasteiger partial charge in [0.05, 0.1) is 5.57 Å². The van der Waals surface area contributed by atoms with Gasteiger partial charge in [-0.05, 0) is 30.7 Å². The Morgan fingerprint density at radius 3 is 2.30 bits per heavy atom. The van der Waals surface area contributed by atoms with Crippen molar-refractivity contribution < 1.29 is 9.59 Å². The van der Waals surface area contributed by atoms with Gasteiger partial charge in [0.15, 0.2) is 11.6 Å². The Kier molecular flexibility index (Phi) is 4.64. The monoisotopic (exact) mass is 328 g/mol. The predicted molar refractivity (Wildman–Crippen MR) is 83.6 cm³/mol. The van der Waals surface area contributed by atoms with E-state index in [2.05, 4.69) is 15.9 Å². The third-order valence-electron chi connectivity index (χ3n) is 2.82. The van der Waals surface area contributed by atoms with Crippen LogP contribution in [0.15, 0.2) is 64.6 Å². The van der Waals surface area contributed by atoms with E-state index in [1.807, 2.05) is 30.3 Å². The summed E-state index contributed by atoms with van der Waals surface area (Å²) in [5, 5.41) is 0. The lowest BCUT2D eigenvalue weighted by Crippen LogP contribution is -2.10. The van der Waals surface area contributed by atoms with E-state index in [4.69, 9.17) is 0 Å². The second-order valence-corrected chi connectivity index (χ2v) is 5.28. The van der Waals surface area contributed by atoms with Crippen molar-refractivity contribution in [3.8, 4) is 0 Å². The van der Waals surface area contributed by atoms with Gasteiger partial charge in [-0.2, -0.15) is 0 Å². The highest BCUT2D eigenvalue weighted by Gasteiger charge is 2.16. The molecule has 2 rings (SSSR count). The molecule has 0 atom stereocenters. The van der Waals surface area contributed by atoms with E-state index in [0.29, 0.717) is 5.56 Å². The molecule has 0 amide bonds. The lowest BCUT2D eigenvalue weighted by atomic mass is 9.98. The highest BCUT2D eigenvalue weighted by atomic mass is 79.9. The summed E-state index contributed by atoms with van der Waals surface area (Å²) in [6.07, 6.45) is 1.63. The quantitative estimate of drug-likeness (QED) is 0.363. The normalized spacial score (nSPS) is 11.2. The summed E-state index contributed by atoms with van der Waals surface area (Å²) in [7, 11) is 0. The molecule has 0 spiro atoms. The van der Waals surface area contributed by atoms with Gasteiger partial charge in [0.2, 0.25) is 0 Å². The van der Waals surface area contributed by atoms with E-state index in [1.54, 1.807) is 30.3 Å². The van der Waals surface area contributed by atoms with E-state index in [0.717, 1.165) is 10.0 Å². The number of ketones is 2. The summed E-state index contributed by atoms with van der Waals surface area (Å²) in [6, 6.07) is 16.3. The highest BCUT2D eigenvalue weighted by Crippen LogP contribution is 2.17. The van der Waals surface area contributed by atoms with Crippen molar-refractivity contribution in [2.24, 2.45) is 0 Å². The molecule has 2 aromatic carbocycles. The average Bonchev–Trinajstić information content (AvgIpc) is 2.45. The Morgan fingerprint density at radius 1 is 1.00 bits per heavy atom. The minimum atomic E-state index is -0.252. The van der Waals surface area contributed by atoms with Crippen LogP contribution in [0.5, 0.6) is 0 Å². The third-order valence-corrected chi connectivity index (χ3v) is 3.31. The first-order valence-corrected chi connectivity index (χ1v) is 6.95. The molecule has 0 bridgehead atoms. The smallest absolute Gasteiger partial charge is 0.196 e. The molecule has 0 aliphatic heterocycles. The lowest BCUT2D eigenvalue weighted by Gasteiger charge is -2.04. The van der Waals surface area contributed by atoms with Gasteiger partial charge in [-0.25, -0.2) is 0 Å². The molecule has 0 heterocycles. The fourth-order valence-corrected chi connectivity index (χ4v) is 2.25. The van der Waals surface area contributed by atoms with Crippen molar-refractivity contribution in [3.63, 3.8) is 0 Å². The van der Waals surface area contributed by atoms with Crippen LogP contribution in [-0.2, 0) is 4.79 Å². The molecule has 0 aliphatic carbocycles. The molecule has 0 radical (unpaired) electrons. The van der Waals surface area contributed by atoms with Gasteiger partial charge in [-0.3, -0.25) is 9.59 Å². The Balaban J connectivity index is 2.42. The molecule has 2 nitrogen and oxygen atoms in total. The maximum Gasteiger partial charge on any atom is 0.196 e. The van der Waals surface area contributed by atoms with Crippen molar-refractivity contribution >= 4 is 33.6 Å². The number of Topliss-reactive ketones (excluding diaryl/α,β-unsaturated/α-hetero) is 2. The summed E-state index contributed by atoms with van der Waals surface area (Å²) in [6.45, 7) is 1.41. The third kappa shape index (κ3) is 3.52. The molecule has 0 aliphatic rings. The van der Waals surface area contributed by atoms with Crippen LogP contribution in [0.2, 0.25) is 0 Å². The van der Waals surface area contributed by atoms with Crippen LogP contribution in [-0.4, -0.2) is 11.6 Å². The number of allylic oxidation sites excluding steroid dienone is 1. The van der Waals surface area contributed by atoms with Crippen LogP contribution in [0, 0.1) is 0 Å². The van der Waals surface area contributed by atoms with Crippen LogP contribution in [0.3, 0.4) is 0 Å². The summed E-state index contributed by atoms with van der Waals surface area (Å²) in [5.74, 6) is -0.489. The first-order chi connectivity index (χ1) is 9.58. The second kappa shape index (κ2) is 6.44. The van der Waals surface area contributed by atoms with Gasteiger partial charge in [0, 0.05) is 10.0 Å². The van der Waals surface area contributed by atoms with Crippen molar-refractivity contribution in [2.45, 2.75) is 6.92 Å². The van der Waals surface area contributed by atoms with Gasteiger partial charge in [0.25, 0.3) is 0 Å². The predicted octanol–water partition coefficient (Wildman–Crippen LogP) is 4.30. The number of carbonyl (C=O) groups excluding carboxylic acids is 2. The van der Waals surface area contributed by atoms with Crippen molar-refractivity contribution in [2.75, 3.05) is 0 Å². The average molecular weight is 329 g/mol. The maximum atomic E-state index is 12.4. The zero-order chi connectivity index (χ0) is 14.5. The number of halogens is 1. The van der Waals surface area contributed by atoms with Crippen molar-refractivity contribution in [1.29, 1.82) is 0 Å². The fourth-order valence-electron chi connectivity index (χ4n) is 1.84. The van der Waals surface area contributed by atoms with Crippen LogP contribution >= 0.6 is 15.9 Å². The molecule has 0 saturated heterocycles. The first kappa shape index (κ1) is 14.4. The van der Waals surface area contributed by atoms with Gasteiger partial charge < -0.3 is 0 Å². The van der Waals surface area contributed by atoms with Crippen LogP contribution in [0.1, 0.15) is 22.8 Å². The van der Waals surface area contributed by atoms with Crippen LogP contribution < -0.4 is 0 Å². The van der Waals surface area contributed by atoms with Gasteiger partial charge in [-0.1, -0.05) is 58.4 Å². The Bertz CT molecular complexity index is 672. The molecule has 20 heavy (non-hydrogen) atoms. The zero-order valence-corrected chi connectivity index (χ0v) is 12.6. The van der Waals surface area contributed by atoms with Crippen LogP contribution in [0.4, 0.5) is 0 Å². The van der Waals surface area contributed by atoms with E-state index >= 15 is 0 Å². The number of hydrogen-bond acceptors (Lipinski definition) is 2. The Morgan fingerprint density at radius 2 is 1.70 bits per heavy atom. The molecule has 100 valence electrons. The molecule has 0 aromatic heterocycles. The highest BCUT2D eigenvalue weighted by molar-refractivity contribution is 9.10. The molecule has 0 saturated carbocycles. The SMILES string of the molecule is CC(=O)/C(=C/c1cccc(Br)c1)C(=O)c1ccccc1. The minimum Gasteiger partial charge on any atom is -0.294 e. The van der Waals surface area contributed by atoms with Crippen molar-refractivity contribution in [3.05, 3.63) is 75.8 Å². The summed E-state index contributed by atoms with van der Waals surface area (Å²) < 4.78 is 0.904. The molecule has 2 aromatic rings. The fraction of sp³-hybridized carbons (Fsp3) is 0.0588. The second-order valence-electron chi connectivity index (χ2n) is 4.36. The minimum absolute atomic E-state index is 0.189. The van der Waals surface area contributed by atoms with E-state index < -0.39 is 0 Å². The van der Waals surface area contributed by atoms with Gasteiger partial charge >= 0.3 is 0 Å². The molecule has 3 heteroatoms. The standard InChI is InChI=1S/C17H13BrO2/c1-12(19)16(11-13-6-5-9-15(18)10-13)17(20)14-7-3-2-4-8-14/h2-11H,1H3/b16-11-. The topological polar surface area (TPSA) is 34.1 Å². The van der Waals surface area contributed by atoms with E-state index in [9.17, 15) is 9.59 Å². The van der Waals surface area contributed by atoms with Crippen molar-refractivity contribution in [1.82, 2.24) is 0 Å². The van der Waals surface area contributed by atoms with E-state index in [-0.39, 0.29) is 17.1 Å². The number of hydrogen-bond donors (Lipinski definition) is 0. The lowest BCUT2D eigenvalue weighted by molar-refractivity contribution is -0.113. The molecular formula is C17H13BrO2. The molecule has 0 unspecified atom stereocenters. The largest absolute Gasteiger partial charge is 0.294 e. The zero-order valence-electron chi connectivity index (χ0n) is 11.0. The molecule has 0 fully saturated rings. The summed E-state index contributed by atoms with van der Waals surface area (Å²) in [4.78, 5) is 24.1. The first-order valence-electron chi connectivity index (χ1n) is 6.16. The number of rotatable bonds is 4. The van der Waals surface area contributed by atoms with Gasteiger partial charge in [0.1, 0.15) is 0 Å². The molecule has 0 N–H and O–H groups in total. The summed E-state index contributed by atoms with van der Waals surface area (Å²) >= 11 is 3.37. The van der Waals surface area contributed by atoms with Gasteiger partial charge in [-0.15, -0.1) is 0 Å². The van der Waals surface area contributed by atoms with E-state index in [1.165, 1.54) is 6.92 Å². The number of benzene rings is 2. The van der Waals surface area contributed by atoms with Crippen LogP contribution in [0.25, 0.3) is 6.08 Å². The summed E-state index contributed by atoms with van der Waals surface area (Å²) in [5.41, 5.74) is 1.52. The molecular weight excluding hydrogens is 316 g/mol.